The average molecular weight is 327 g/mol. The zero-order valence-corrected chi connectivity index (χ0v) is 12.7. The fourth-order valence-electron chi connectivity index (χ4n) is 2.05. The van der Waals surface area contributed by atoms with Crippen LogP contribution in [0.5, 0.6) is 17.2 Å². The van der Waals surface area contributed by atoms with Crippen molar-refractivity contribution in [2.75, 3.05) is 7.11 Å². The molecule has 2 heterocycles. The van der Waals surface area contributed by atoms with Gasteiger partial charge in [-0.2, -0.15) is 0 Å². The van der Waals surface area contributed by atoms with E-state index in [9.17, 15) is 9.59 Å². The topological polar surface area (TPSA) is 107 Å². The van der Waals surface area contributed by atoms with Crippen LogP contribution in [-0.4, -0.2) is 33.9 Å². The van der Waals surface area contributed by atoms with E-state index in [0.717, 1.165) is 0 Å². The van der Waals surface area contributed by atoms with Gasteiger partial charge in [0.1, 0.15) is 12.6 Å². The first kappa shape index (κ1) is 15.5. The maximum absolute atomic E-state index is 12.1. The molecule has 24 heavy (non-hydrogen) atoms. The molecule has 0 amide bonds. The first-order chi connectivity index (χ1) is 11.7. The van der Waals surface area contributed by atoms with Gasteiger partial charge in [0.2, 0.25) is 11.6 Å². The molecule has 0 aliphatic heterocycles. The van der Waals surface area contributed by atoms with E-state index in [-0.39, 0.29) is 12.2 Å². The van der Waals surface area contributed by atoms with Crippen LogP contribution in [0.4, 0.5) is 0 Å². The first-order valence-electron chi connectivity index (χ1n) is 6.98. The summed E-state index contributed by atoms with van der Waals surface area (Å²) >= 11 is 0. The zero-order valence-electron chi connectivity index (χ0n) is 12.7. The summed E-state index contributed by atoms with van der Waals surface area (Å²) in [7, 11) is 1.53. The minimum Gasteiger partial charge on any atom is -0.493 e. The molecule has 1 N–H and O–H groups in total. The van der Waals surface area contributed by atoms with Crippen LogP contribution in [-0.2, 0) is 11.2 Å². The number of carbonyl (C=O) groups is 2. The minimum atomic E-state index is -0.777. The van der Waals surface area contributed by atoms with Crippen molar-refractivity contribution < 1.29 is 23.5 Å². The van der Waals surface area contributed by atoms with Crippen LogP contribution in [0, 0.1) is 0 Å². The Labute approximate surface area is 136 Å². The number of aromatic amines is 1. The van der Waals surface area contributed by atoms with Gasteiger partial charge in [-0.15, -0.1) is 5.10 Å². The third-order valence-corrected chi connectivity index (χ3v) is 3.21. The standard InChI is InChI=1S/C16H13N3O5/c1-22-12-4-2-3-5-13(12)24-14-8-23-7-10(14)6-11(20)15(21)16-17-9-18-19-16/h2-5,7-9H,6H2,1H3,(H,17,18,19). The Morgan fingerprint density at radius 3 is 2.67 bits per heavy atom. The van der Waals surface area contributed by atoms with Crippen molar-refractivity contribution in [2.24, 2.45) is 0 Å². The van der Waals surface area contributed by atoms with E-state index in [0.29, 0.717) is 22.8 Å². The molecule has 0 aliphatic carbocycles. The van der Waals surface area contributed by atoms with E-state index in [1.807, 2.05) is 0 Å². The zero-order chi connectivity index (χ0) is 16.9. The van der Waals surface area contributed by atoms with Crippen LogP contribution in [0.1, 0.15) is 16.2 Å². The summed E-state index contributed by atoms with van der Waals surface area (Å²) in [6.45, 7) is 0. The molecule has 0 aliphatic rings. The number of ether oxygens (including phenoxy) is 2. The fraction of sp³-hybridized carbons (Fsp3) is 0.125. The summed E-state index contributed by atoms with van der Waals surface area (Å²) in [6.07, 6.45) is 3.75. The number of para-hydroxylation sites is 2. The minimum absolute atomic E-state index is 0.171. The molecule has 8 nitrogen and oxygen atoms in total. The number of H-pyrrole nitrogens is 1. The van der Waals surface area contributed by atoms with Crippen LogP contribution in [0.3, 0.4) is 0 Å². The summed E-state index contributed by atoms with van der Waals surface area (Å²) < 4.78 is 16.0. The Hall–Kier alpha value is -3.42. The lowest BCUT2D eigenvalue weighted by Gasteiger charge is -2.09. The van der Waals surface area contributed by atoms with Gasteiger partial charge in [-0.25, -0.2) is 4.98 Å². The van der Waals surface area contributed by atoms with Crippen LogP contribution in [0.15, 0.2) is 47.5 Å². The Kier molecular flexibility index (Phi) is 4.37. The van der Waals surface area contributed by atoms with Gasteiger partial charge in [-0.05, 0) is 12.1 Å². The Bertz CT molecular complexity index is 854. The van der Waals surface area contributed by atoms with Gasteiger partial charge in [0.15, 0.2) is 17.2 Å². The van der Waals surface area contributed by atoms with Crippen LogP contribution < -0.4 is 9.47 Å². The number of ketones is 2. The second-order valence-corrected chi connectivity index (χ2v) is 4.77. The lowest BCUT2D eigenvalue weighted by atomic mass is 10.1. The summed E-state index contributed by atoms with van der Waals surface area (Å²) in [4.78, 5) is 27.7. The van der Waals surface area contributed by atoms with Gasteiger partial charge in [-0.3, -0.25) is 14.7 Å². The van der Waals surface area contributed by atoms with E-state index >= 15 is 0 Å². The maximum atomic E-state index is 12.1. The Morgan fingerprint density at radius 1 is 1.17 bits per heavy atom. The van der Waals surface area contributed by atoms with E-state index in [1.165, 1.54) is 26.0 Å². The Balaban J connectivity index is 1.76. The normalized spacial score (nSPS) is 10.4. The number of nitrogens with zero attached hydrogens (tertiary/aromatic N) is 2. The number of hydrogen-bond acceptors (Lipinski definition) is 7. The number of carbonyl (C=O) groups excluding carboxylic acids is 2. The molecule has 0 bridgehead atoms. The van der Waals surface area contributed by atoms with Crippen molar-refractivity contribution in [1.29, 1.82) is 0 Å². The molecule has 3 rings (SSSR count). The predicted octanol–water partition coefficient (Wildman–Crippen LogP) is 2.19. The lowest BCUT2D eigenvalue weighted by molar-refractivity contribution is -0.114. The number of hydrogen-bond donors (Lipinski definition) is 1. The lowest BCUT2D eigenvalue weighted by Crippen LogP contribution is -2.18. The number of Topliss-reactive ketones (excluding diaryl/α,β-unsaturated/α-hetero) is 2. The number of furan rings is 1. The highest BCUT2D eigenvalue weighted by molar-refractivity contribution is 6.43. The Morgan fingerprint density at radius 2 is 1.96 bits per heavy atom. The van der Waals surface area contributed by atoms with Crippen molar-refractivity contribution in [3.8, 4) is 17.2 Å². The molecule has 8 heteroatoms. The van der Waals surface area contributed by atoms with E-state index in [2.05, 4.69) is 15.2 Å². The molecule has 0 radical (unpaired) electrons. The monoisotopic (exact) mass is 327 g/mol. The molecule has 2 aromatic heterocycles. The third-order valence-electron chi connectivity index (χ3n) is 3.21. The second kappa shape index (κ2) is 6.78. The summed E-state index contributed by atoms with van der Waals surface area (Å²) in [6, 6.07) is 7.06. The molecule has 0 saturated carbocycles. The maximum Gasteiger partial charge on any atom is 0.267 e. The molecule has 122 valence electrons. The van der Waals surface area contributed by atoms with Crippen molar-refractivity contribution in [2.45, 2.75) is 6.42 Å². The highest BCUT2D eigenvalue weighted by atomic mass is 16.5. The molecular formula is C16H13N3O5. The van der Waals surface area contributed by atoms with Crippen molar-refractivity contribution in [3.63, 3.8) is 0 Å². The van der Waals surface area contributed by atoms with Crippen molar-refractivity contribution in [3.05, 3.63) is 54.5 Å². The summed E-state index contributed by atoms with van der Waals surface area (Å²) in [5.41, 5.74) is 0.440. The molecule has 0 atom stereocenters. The molecular weight excluding hydrogens is 314 g/mol. The molecule has 0 unspecified atom stereocenters. The molecule has 1 aromatic carbocycles. The van der Waals surface area contributed by atoms with Gasteiger partial charge in [0, 0.05) is 12.0 Å². The third kappa shape index (κ3) is 3.17. The first-order valence-corrected chi connectivity index (χ1v) is 6.98. The van der Waals surface area contributed by atoms with Gasteiger partial charge in [-0.1, -0.05) is 12.1 Å². The molecule has 0 spiro atoms. The molecule has 0 saturated heterocycles. The van der Waals surface area contributed by atoms with Crippen LogP contribution in [0.25, 0.3) is 0 Å². The second-order valence-electron chi connectivity index (χ2n) is 4.77. The van der Waals surface area contributed by atoms with E-state index < -0.39 is 11.6 Å². The van der Waals surface area contributed by atoms with Crippen LogP contribution >= 0.6 is 0 Å². The number of methoxy groups -OCH3 is 1. The van der Waals surface area contributed by atoms with Crippen LogP contribution in [0.2, 0.25) is 0 Å². The summed E-state index contributed by atoms with van der Waals surface area (Å²) in [5.74, 6) is -0.281. The largest absolute Gasteiger partial charge is 0.493 e. The SMILES string of the molecule is COc1ccccc1Oc1cocc1CC(=O)C(=O)c1nc[nH]n1. The van der Waals surface area contributed by atoms with Gasteiger partial charge >= 0.3 is 0 Å². The number of nitrogens with one attached hydrogen (secondary N) is 1. The number of aromatic nitrogens is 3. The highest BCUT2D eigenvalue weighted by Crippen LogP contribution is 2.33. The van der Waals surface area contributed by atoms with Gasteiger partial charge in [0.25, 0.3) is 5.78 Å². The molecule has 3 aromatic rings. The van der Waals surface area contributed by atoms with Gasteiger partial charge in [0.05, 0.1) is 13.4 Å². The number of benzene rings is 1. The highest BCUT2D eigenvalue weighted by Gasteiger charge is 2.22. The summed E-state index contributed by atoms with van der Waals surface area (Å²) in [5, 5.41) is 5.99. The smallest absolute Gasteiger partial charge is 0.267 e. The number of rotatable bonds is 7. The van der Waals surface area contributed by atoms with Crippen molar-refractivity contribution >= 4 is 11.6 Å². The van der Waals surface area contributed by atoms with Gasteiger partial charge < -0.3 is 13.9 Å². The average Bonchev–Trinajstić information content (AvgIpc) is 3.27. The van der Waals surface area contributed by atoms with Crippen molar-refractivity contribution in [1.82, 2.24) is 15.2 Å². The quantitative estimate of drug-likeness (QED) is 0.523. The molecule has 0 fully saturated rings. The van der Waals surface area contributed by atoms with E-state index in [4.69, 9.17) is 13.9 Å². The fourth-order valence-corrected chi connectivity index (χ4v) is 2.05. The predicted molar refractivity (Wildman–Crippen MR) is 81.2 cm³/mol. The van der Waals surface area contributed by atoms with E-state index in [1.54, 1.807) is 24.3 Å².